The molecule has 2 amide bonds. The highest BCUT2D eigenvalue weighted by Gasteiger charge is 2.57. The predicted molar refractivity (Wildman–Crippen MR) is 108 cm³/mol. The first-order valence-electron chi connectivity index (χ1n) is 9.62. The number of benzene rings is 1. The molecule has 3 rings (SSSR count). The van der Waals surface area contributed by atoms with E-state index in [0.29, 0.717) is 31.0 Å². The van der Waals surface area contributed by atoms with Crippen molar-refractivity contribution in [1.82, 2.24) is 10.6 Å². The standard InChI is InChI=1S/C20H29N3O3.ClH/c1-2-26-12-4-9-22-18(24)15-5-3-6-16(13-15)23-19(25)17-14-20(17)7-10-21-11-8-20;/h3,5-6,13,17,21H,2,4,7-12,14H2,1H3,(H,22,24)(H,23,25);1H. The second kappa shape index (κ2) is 10.1. The minimum atomic E-state index is -0.126. The summed E-state index contributed by atoms with van der Waals surface area (Å²) in [4.78, 5) is 24.8. The fourth-order valence-electron chi connectivity index (χ4n) is 3.79. The number of ether oxygens (including phenoxy) is 1. The Morgan fingerprint density at radius 2 is 2.07 bits per heavy atom. The molecule has 2 fully saturated rings. The van der Waals surface area contributed by atoms with Gasteiger partial charge in [-0.2, -0.15) is 0 Å². The Morgan fingerprint density at radius 3 is 2.81 bits per heavy atom. The van der Waals surface area contributed by atoms with E-state index in [0.717, 1.165) is 38.8 Å². The molecule has 2 aliphatic rings. The topological polar surface area (TPSA) is 79.5 Å². The molecule has 150 valence electrons. The predicted octanol–water partition coefficient (Wildman–Crippen LogP) is 2.59. The van der Waals surface area contributed by atoms with Gasteiger partial charge in [0.1, 0.15) is 0 Å². The van der Waals surface area contributed by atoms with E-state index in [4.69, 9.17) is 4.74 Å². The SMILES string of the molecule is CCOCCCNC(=O)c1cccc(NC(=O)C2CC23CCNCC3)c1.Cl. The van der Waals surface area contributed by atoms with E-state index in [1.165, 1.54) is 0 Å². The number of carbonyl (C=O) groups is 2. The van der Waals surface area contributed by atoms with Crippen molar-refractivity contribution in [3.05, 3.63) is 29.8 Å². The maximum absolute atomic E-state index is 12.6. The van der Waals surface area contributed by atoms with Gasteiger partial charge in [0.2, 0.25) is 5.91 Å². The summed E-state index contributed by atoms with van der Waals surface area (Å²) in [5.41, 5.74) is 1.46. The van der Waals surface area contributed by atoms with Gasteiger partial charge in [-0.15, -0.1) is 12.4 Å². The van der Waals surface area contributed by atoms with Crippen molar-refractivity contribution in [1.29, 1.82) is 0 Å². The van der Waals surface area contributed by atoms with E-state index in [1.54, 1.807) is 18.2 Å². The van der Waals surface area contributed by atoms with E-state index in [9.17, 15) is 9.59 Å². The molecule has 1 aliphatic heterocycles. The fourth-order valence-corrected chi connectivity index (χ4v) is 3.79. The second-order valence-electron chi connectivity index (χ2n) is 7.25. The van der Waals surface area contributed by atoms with Gasteiger partial charge in [-0.25, -0.2) is 0 Å². The lowest BCUT2D eigenvalue weighted by atomic mass is 9.92. The molecule has 27 heavy (non-hydrogen) atoms. The first kappa shape index (κ1) is 21.7. The molecular formula is C20H30ClN3O3. The van der Waals surface area contributed by atoms with Crippen LogP contribution in [0.4, 0.5) is 5.69 Å². The summed E-state index contributed by atoms with van der Waals surface area (Å²) in [6.07, 6.45) is 3.93. The average molecular weight is 396 g/mol. The molecule has 7 heteroatoms. The Bertz CT molecular complexity index is 647. The number of anilines is 1. The summed E-state index contributed by atoms with van der Waals surface area (Å²) in [7, 11) is 0. The van der Waals surface area contributed by atoms with Crippen molar-refractivity contribution < 1.29 is 14.3 Å². The molecule has 0 aromatic heterocycles. The van der Waals surface area contributed by atoms with Crippen LogP contribution in [0.2, 0.25) is 0 Å². The smallest absolute Gasteiger partial charge is 0.251 e. The third-order valence-corrected chi connectivity index (χ3v) is 5.45. The van der Waals surface area contributed by atoms with Crippen LogP contribution in [-0.2, 0) is 9.53 Å². The Balaban J connectivity index is 0.00000261. The van der Waals surface area contributed by atoms with Gasteiger partial charge < -0.3 is 20.7 Å². The highest BCUT2D eigenvalue weighted by Crippen LogP contribution is 2.58. The number of hydrogen-bond donors (Lipinski definition) is 3. The van der Waals surface area contributed by atoms with Crippen molar-refractivity contribution in [2.45, 2.75) is 32.6 Å². The minimum Gasteiger partial charge on any atom is -0.382 e. The van der Waals surface area contributed by atoms with Gasteiger partial charge >= 0.3 is 0 Å². The number of nitrogens with one attached hydrogen (secondary N) is 3. The van der Waals surface area contributed by atoms with Gasteiger partial charge in [0.05, 0.1) is 0 Å². The number of halogens is 1. The van der Waals surface area contributed by atoms with Crippen LogP contribution >= 0.6 is 12.4 Å². The van der Waals surface area contributed by atoms with Gasteiger partial charge in [0.15, 0.2) is 0 Å². The van der Waals surface area contributed by atoms with Crippen molar-refractivity contribution >= 4 is 29.9 Å². The van der Waals surface area contributed by atoms with Crippen molar-refractivity contribution in [3.8, 4) is 0 Å². The molecule has 0 radical (unpaired) electrons. The van der Waals surface area contributed by atoms with Gasteiger partial charge in [0.25, 0.3) is 5.91 Å². The number of piperidine rings is 1. The van der Waals surface area contributed by atoms with Crippen molar-refractivity contribution in [2.24, 2.45) is 11.3 Å². The maximum Gasteiger partial charge on any atom is 0.251 e. The lowest BCUT2D eigenvalue weighted by Crippen LogP contribution is -2.31. The lowest BCUT2D eigenvalue weighted by Gasteiger charge is -2.23. The lowest BCUT2D eigenvalue weighted by molar-refractivity contribution is -0.118. The molecular weight excluding hydrogens is 366 g/mol. The Kier molecular flexibility index (Phi) is 8.07. The van der Waals surface area contributed by atoms with Crippen molar-refractivity contribution in [2.75, 3.05) is 38.2 Å². The first-order chi connectivity index (χ1) is 12.6. The molecule has 1 aromatic rings. The summed E-state index contributed by atoms with van der Waals surface area (Å²) in [5.74, 6) is 0.0701. The summed E-state index contributed by atoms with van der Waals surface area (Å²) in [6, 6.07) is 7.14. The van der Waals surface area contributed by atoms with Gasteiger partial charge in [-0.3, -0.25) is 9.59 Å². The van der Waals surface area contributed by atoms with Crippen LogP contribution in [0.1, 0.15) is 43.0 Å². The molecule has 1 saturated heterocycles. The molecule has 1 unspecified atom stereocenters. The zero-order valence-corrected chi connectivity index (χ0v) is 16.7. The van der Waals surface area contributed by atoms with Gasteiger partial charge in [0, 0.05) is 36.9 Å². The van der Waals surface area contributed by atoms with E-state index < -0.39 is 0 Å². The fraction of sp³-hybridized carbons (Fsp3) is 0.600. The molecule has 1 saturated carbocycles. The number of carbonyl (C=O) groups excluding carboxylic acids is 2. The average Bonchev–Trinajstić information content (AvgIpc) is 3.35. The Hall–Kier alpha value is -1.63. The van der Waals surface area contributed by atoms with Crippen LogP contribution < -0.4 is 16.0 Å². The largest absolute Gasteiger partial charge is 0.382 e. The van der Waals surface area contributed by atoms with E-state index in [2.05, 4.69) is 16.0 Å². The van der Waals surface area contributed by atoms with E-state index >= 15 is 0 Å². The number of rotatable bonds is 8. The van der Waals surface area contributed by atoms with E-state index in [-0.39, 0.29) is 35.6 Å². The molecule has 1 heterocycles. The van der Waals surface area contributed by atoms with Crippen LogP contribution in [0, 0.1) is 11.3 Å². The normalized spacial score (nSPS) is 19.8. The zero-order valence-electron chi connectivity index (χ0n) is 15.9. The van der Waals surface area contributed by atoms with Crippen LogP contribution in [0.3, 0.4) is 0 Å². The third-order valence-electron chi connectivity index (χ3n) is 5.45. The molecule has 6 nitrogen and oxygen atoms in total. The molecule has 0 bridgehead atoms. The number of hydrogen-bond acceptors (Lipinski definition) is 4. The van der Waals surface area contributed by atoms with Crippen LogP contribution in [-0.4, -0.2) is 44.7 Å². The quantitative estimate of drug-likeness (QED) is 0.591. The third kappa shape index (κ3) is 5.67. The minimum absolute atomic E-state index is 0. The molecule has 1 aliphatic carbocycles. The molecule has 1 spiro atoms. The Labute approximate surface area is 167 Å². The van der Waals surface area contributed by atoms with Crippen LogP contribution in [0.15, 0.2) is 24.3 Å². The number of amides is 2. The maximum atomic E-state index is 12.6. The summed E-state index contributed by atoms with van der Waals surface area (Å²) < 4.78 is 5.26. The highest BCUT2D eigenvalue weighted by atomic mass is 35.5. The van der Waals surface area contributed by atoms with E-state index in [1.807, 2.05) is 13.0 Å². The second-order valence-corrected chi connectivity index (χ2v) is 7.25. The monoisotopic (exact) mass is 395 g/mol. The highest BCUT2D eigenvalue weighted by molar-refractivity contribution is 5.98. The summed E-state index contributed by atoms with van der Waals surface area (Å²) in [6.45, 7) is 5.87. The van der Waals surface area contributed by atoms with Crippen molar-refractivity contribution in [3.63, 3.8) is 0 Å². The molecule has 1 atom stereocenters. The Morgan fingerprint density at radius 1 is 1.30 bits per heavy atom. The van der Waals surface area contributed by atoms with Crippen LogP contribution in [0.25, 0.3) is 0 Å². The summed E-state index contributed by atoms with van der Waals surface area (Å²) >= 11 is 0. The first-order valence-corrected chi connectivity index (χ1v) is 9.62. The van der Waals surface area contributed by atoms with Crippen LogP contribution in [0.5, 0.6) is 0 Å². The van der Waals surface area contributed by atoms with Gasteiger partial charge in [-0.1, -0.05) is 6.07 Å². The zero-order chi connectivity index (χ0) is 18.4. The van der Waals surface area contributed by atoms with Gasteiger partial charge in [-0.05, 0) is 69.3 Å². The molecule has 1 aromatic carbocycles. The molecule has 3 N–H and O–H groups in total. The summed E-state index contributed by atoms with van der Waals surface area (Å²) in [5, 5.41) is 9.23.